The minimum Gasteiger partial charge on any atom is -0.380 e. The molecule has 0 unspecified atom stereocenters. The minimum atomic E-state index is -0.126. The molecule has 0 atom stereocenters. The second-order valence-corrected chi connectivity index (χ2v) is 4.10. The van der Waals surface area contributed by atoms with E-state index in [9.17, 15) is 4.79 Å². The zero-order chi connectivity index (χ0) is 14.6. The monoisotopic (exact) mass is 277 g/mol. The summed E-state index contributed by atoms with van der Waals surface area (Å²) in [4.78, 5) is 14.5. The largest absolute Gasteiger partial charge is 0.380 e. The van der Waals surface area contributed by atoms with Gasteiger partial charge < -0.3 is 15.8 Å². The van der Waals surface area contributed by atoms with Crippen molar-refractivity contribution in [2.75, 3.05) is 26.3 Å². The van der Waals surface area contributed by atoms with Crippen LogP contribution < -0.4 is 11.1 Å². The second kappa shape index (κ2) is 9.80. The van der Waals surface area contributed by atoms with E-state index in [0.29, 0.717) is 31.9 Å². The highest BCUT2D eigenvalue weighted by atomic mass is 16.5. The van der Waals surface area contributed by atoms with Crippen molar-refractivity contribution in [1.29, 1.82) is 0 Å². The maximum atomic E-state index is 11.8. The third-order valence-electron chi connectivity index (χ3n) is 2.55. The van der Waals surface area contributed by atoms with Crippen LogP contribution in [0.2, 0.25) is 0 Å². The van der Waals surface area contributed by atoms with Gasteiger partial charge in [-0.3, -0.25) is 4.79 Å². The van der Waals surface area contributed by atoms with Gasteiger partial charge in [0.1, 0.15) is 0 Å². The van der Waals surface area contributed by atoms with Crippen LogP contribution in [0.3, 0.4) is 0 Å². The summed E-state index contributed by atoms with van der Waals surface area (Å²) < 4.78 is 5.21. The lowest BCUT2D eigenvalue weighted by atomic mass is 10.1. The SMILES string of the molecule is [N-]=[N+]=NCc1ccc(C(=O)NCCCOCCN)cc1. The first-order chi connectivity index (χ1) is 9.77. The van der Waals surface area contributed by atoms with Crippen molar-refractivity contribution in [2.45, 2.75) is 13.0 Å². The van der Waals surface area contributed by atoms with Gasteiger partial charge >= 0.3 is 0 Å². The maximum Gasteiger partial charge on any atom is 0.251 e. The van der Waals surface area contributed by atoms with Crippen molar-refractivity contribution >= 4 is 5.91 Å². The van der Waals surface area contributed by atoms with Gasteiger partial charge in [-0.1, -0.05) is 17.2 Å². The Kier molecular flexibility index (Phi) is 7.83. The highest BCUT2D eigenvalue weighted by Crippen LogP contribution is 2.05. The van der Waals surface area contributed by atoms with E-state index in [1.54, 1.807) is 24.3 Å². The highest BCUT2D eigenvalue weighted by Gasteiger charge is 2.04. The smallest absolute Gasteiger partial charge is 0.251 e. The lowest BCUT2D eigenvalue weighted by molar-refractivity contribution is 0.0943. The fourth-order valence-corrected chi connectivity index (χ4v) is 1.54. The van der Waals surface area contributed by atoms with E-state index >= 15 is 0 Å². The lowest BCUT2D eigenvalue weighted by Crippen LogP contribution is -2.25. The van der Waals surface area contributed by atoms with Gasteiger partial charge in [0.15, 0.2) is 0 Å². The van der Waals surface area contributed by atoms with E-state index < -0.39 is 0 Å². The Morgan fingerprint density at radius 1 is 1.35 bits per heavy atom. The van der Waals surface area contributed by atoms with Crippen LogP contribution in [-0.4, -0.2) is 32.2 Å². The molecule has 0 fully saturated rings. The topological polar surface area (TPSA) is 113 Å². The number of rotatable bonds is 9. The van der Waals surface area contributed by atoms with E-state index in [2.05, 4.69) is 15.3 Å². The summed E-state index contributed by atoms with van der Waals surface area (Å²) in [5, 5.41) is 6.27. The molecule has 0 aliphatic rings. The first kappa shape index (κ1) is 16.0. The minimum absolute atomic E-state index is 0.126. The molecule has 7 nitrogen and oxygen atoms in total. The number of carbonyl (C=O) groups is 1. The third kappa shape index (κ3) is 6.19. The molecule has 20 heavy (non-hydrogen) atoms. The third-order valence-corrected chi connectivity index (χ3v) is 2.55. The van der Waals surface area contributed by atoms with Crippen LogP contribution in [0.15, 0.2) is 29.4 Å². The average molecular weight is 277 g/mol. The van der Waals surface area contributed by atoms with Crippen molar-refractivity contribution in [2.24, 2.45) is 10.8 Å². The molecule has 108 valence electrons. The number of benzene rings is 1. The molecule has 0 spiro atoms. The van der Waals surface area contributed by atoms with Crippen LogP contribution in [0.5, 0.6) is 0 Å². The molecule has 3 N–H and O–H groups in total. The number of nitrogens with two attached hydrogens (primary N) is 1. The number of carbonyl (C=O) groups excluding carboxylic acids is 1. The first-order valence-electron chi connectivity index (χ1n) is 6.43. The van der Waals surface area contributed by atoms with Crippen molar-refractivity contribution in [1.82, 2.24) is 5.32 Å². The molecule has 0 heterocycles. The van der Waals surface area contributed by atoms with Crippen LogP contribution in [-0.2, 0) is 11.3 Å². The van der Waals surface area contributed by atoms with Gasteiger partial charge in [0.25, 0.3) is 5.91 Å². The average Bonchev–Trinajstić information content (AvgIpc) is 2.49. The fourth-order valence-electron chi connectivity index (χ4n) is 1.54. The zero-order valence-corrected chi connectivity index (χ0v) is 11.3. The van der Waals surface area contributed by atoms with Crippen LogP contribution in [0.1, 0.15) is 22.3 Å². The van der Waals surface area contributed by atoms with Gasteiger partial charge in [-0.15, -0.1) is 0 Å². The van der Waals surface area contributed by atoms with E-state index in [1.165, 1.54) is 0 Å². The van der Waals surface area contributed by atoms with Gasteiger partial charge in [-0.25, -0.2) is 0 Å². The highest BCUT2D eigenvalue weighted by molar-refractivity contribution is 5.94. The number of nitrogens with zero attached hydrogens (tertiary/aromatic N) is 3. The second-order valence-electron chi connectivity index (χ2n) is 4.10. The van der Waals surface area contributed by atoms with Crippen LogP contribution >= 0.6 is 0 Å². The number of hydrogen-bond donors (Lipinski definition) is 2. The summed E-state index contributed by atoms with van der Waals surface area (Å²) in [5.74, 6) is -0.126. The molecule has 0 aliphatic heterocycles. The molecule has 0 aromatic heterocycles. The number of ether oxygens (including phenoxy) is 1. The maximum absolute atomic E-state index is 11.8. The Labute approximate surface area is 117 Å². The first-order valence-corrected chi connectivity index (χ1v) is 6.43. The van der Waals surface area contributed by atoms with Gasteiger partial charge in [-0.05, 0) is 29.6 Å². The lowest BCUT2D eigenvalue weighted by Gasteiger charge is -2.06. The quantitative estimate of drug-likeness (QED) is 0.309. The fraction of sp³-hybridized carbons (Fsp3) is 0.462. The number of azide groups is 1. The Balaban J connectivity index is 2.30. The molecule has 7 heteroatoms. The number of nitrogens with one attached hydrogen (secondary N) is 1. The van der Waals surface area contributed by atoms with Crippen molar-refractivity contribution in [3.63, 3.8) is 0 Å². The Morgan fingerprint density at radius 2 is 2.10 bits per heavy atom. The van der Waals surface area contributed by atoms with Gasteiger partial charge in [0, 0.05) is 30.2 Å². The van der Waals surface area contributed by atoms with Crippen LogP contribution in [0, 0.1) is 0 Å². The normalized spacial score (nSPS) is 9.85. The molecule has 0 saturated carbocycles. The molecule has 1 aromatic rings. The standard InChI is InChI=1S/C13H19N5O2/c14-6-9-20-8-1-7-16-13(19)12-4-2-11(3-5-12)10-17-18-15/h2-5H,1,6-10,14H2,(H,16,19). The van der Waals surface area contributed by atoms with E-state index in [4.69, 9.17) is 16.0 Å². The number of hydrogen-bond acceptors (Lipinski definition) is 4. The number of amides is 1. The van der Waals surface area contributed by atoms with Gasteiger partial charge in [0.05, 0.1) is 13.2 Å². The summed E-state index contributed by atoms with van der Waals surface area (Å²) in [7, 11) is 0. The van der Waals surface area contributed by atoms with Crippen molar-refractivity contribution in [3.05, 3.63) is 45.8 Å². The molecule has 0 radical (unpaired) electrons. The molecule has 1 aromatic carbocycles. The summed E-state index contributed by atoms with van der Waals surface area (Å²) in [6, 6.07) is 6.97. The summed E-state index contributed by atoms with van der Waals surface area (Å²) >= 11 is 0. The predicted molar refractivity (Wildman–Crippen MR) is 76.1 cm³/mol. The molecule has 0 bridgehead atoms. The van der Waals surface area contributed by atoms with Crippen molar-refractivity contribution in [3.8, 4) is 0 Å². The van der Waals surface area contributed by atoms with Gasteiger partial charge in [0.2, 0.25) is 0 Å². The van der Waals surface area contributed by atoms with Gasteiger partial charge in [-0.2, -0.15) is 0 Å². The molecule has 1 rings (SSSR count). The van der Waals surface area contributed by atoms with E-state index in [-0.39, 0.29) is 12.5 Å². The Hall–Kier alpha value is -2.08. The van der Waals surface area contributed by atoms with Crippen LogP contribution in [0.25, 0.3) is 10.4 Å². The predicted octanol–water partition coefficient (Wildman–Crippen LogP) is 1.59. The van der Waals surface area contributed by atoms with E-state index in [0.717, 1.165) is 12.0 Å². The Morgan fingerprint density at radius 3 is 2.75 bits per heavy atom. The molecule has 0 aliphatic carbocycles. The van der Waals surface area contributed by atoms with E-state index in [1.807, 2.05) is 0 Å². The summed E-state index contributed by atoms with van der Waals surface area (Å²) in [6.45, 7) is 2.48. The molecular weight excluding hydrogens is 258 g/mol. The zero-order valence-electron chi connectivity index (χ0n) is 11.3. The van der Waals surface area contributed by atoms with Crippen molar-refractivity contribution < 1.29 is 9.53 Å². The Bertz CT molecular complexity index is 454. The molecular formula is C13H19N5O2. The molecule has 0 saturated heterocycles. The molecule has 1 amide bonds. The summed E-state index contributed by atoms with van der Waals surface area (Å²) in [6.07, 6.45) is 0.751. The summed E-state index contributed by atoms with van der Waals surface area (Å²) in [5.41, 5.74) is 15.0. The van der Waals surface area contributed by atoms with Crippen LogP contribution in [0.4, 0.5) is 0 Å².